The van der Waals surface area contributed by atoms with Gasteiger partial charge in [-0.2, -0.15) is 4.99 Å². The van der Waals surface area contributed by atoms with Crippen molar-refractivity contribution in [2.75, 3.05) is 6.79 Å². The molecule has 0 spiro atoms. The van der Waals surface area contributed by atoms with Crippen molar-refractivity contribution in [3.05, 3.63) is 52.6 Å². The number of hydrogen-bond acceptors (Lipinski definition) is 4. The smallest absolute Gasteiger partial charge is 0.282 e. The van der Waals surface area contributed by atoms with Gasteiger partial charge in [-0.3, -0.25) is 4.79 Å². The highest BCUT2D eigenvalue weighted by Crippen LogP contribution is 2.36. The molecule has 1 aromatic heterocycles. The molecule has 0 saturated heterocycles. The van der Waals surface area contributed by atoms with Gasteiger partial charge in [0.05, 0.1) is 22.3 Å². The van der Waals surface area contributed by atoms with Gasteiger partial charge in [0.1, 0.15) is 5.82 Å². The Morgan fingerprint density at radius 2 is 2.08 bits per heavy atom. The average Bonchev–Trinajstić information content (AvgIpc) is 3.18. The summed E-state index contributed by atoms with van der Waals surface area (Å²) >= 11 is 1.28. The van der Waals surface area contributed by atoms with Crippen LogP contribution in [-0.2, 0) is 6.54 Å². The van der Waals surface area contributed by atoms with Crippen LogP contribution in [0.1, 0.15) is 10.4 Å². The minimum Gasteiger partial charge on any atom is -0.454 e. The Hall–Kier alpha value is -3.11. The molecular weight excluding hydrogens is 343 g/mol. The molecule has 2 heterocycles. The SMILES string of the molecule is C#CCn1c(=NC(=O)c2ccccc2F)sc2cc3c(cc21)OCO3. The van der Waals surface area contributed by atoms with Crippen molar-refractivity contribution in [3.63, 3.8) is 0 Å². The minimum atomic E-state index is -0.657. The highest BCUT2D eigenvalue weighted by atomic mass is 32.1. The maximum Gasteiger partial charge on any atom is 0.282 e. The van der Waals surface area contributed by atoms with Gasteiger partial charge < -0.3 is 14.0 Å². The Balaban J connectivity index is 1.89. The monoisotopic (exact) mass is 354 g/mol. The predicted octanol–water partition coefficient (Wildman–Crippen LogP) is 2.94. The van der Waals surface area contributed by atoms with Crippen molar-refractivity contribution in [2.24, 2.45) is 4.99 Å². The van der Waals surface area contributed by atoms with Crippen LogP contribution in [0.25, 0.3) is 10.2 Å². The largest absolute Gasteiger partial charge is 0.454 e. The van der Waals surface area contributed by atoms with E-state index in [4.69, 9.17) is 15.9 Å². The molecule has 4 rings (SSSR count). The van der Waals surface area contributed by atoms with Crippen LogP contribution in [0.3, 0.4) is 0 Å². The third-order valence-electron chi connectivity index (χ3n) is 3.73. The Labute approximate surface area is 146 Å². The van der Waals surface area contributed by atoms with Crippen molar-refractivity contribution in [1.29, 1.82) is 0 Å². The van der Waals surface area contributed by atoms with Crippen LogP contribution in [0, 0.1) is 18.2 Å². The van der Waals surface area contributed by atoms with Crippen LogP contribution in [0.5, 0.6) is 11.5 Å². The summed E-state index contributed by atoms with van der Waals surface area (Å²) in [5, 5.41) is 0. The molecule has 3 aromatic rings. The molecule has 1 aliphatic heterocycles. The highest BCUT2D eigenvalue weighted by molar-refractivity contribution is 7.16. The molecule has 1 amide bonds. The fourth-order valence-electron chi connectivity index (χ4n) is 2.57. The molecule has 124 valence electrons. The number of carbonyl (C=O) groups is 1. The number of halogens is 1. The third-order valence-corrected chi connectivity index (χ3v) is 4.77. The number of carbonyl (C=O) groups excluding carboxylic acids is 1. The molecule has 0 bridgehead atoms. The minimum absolute atomic E-state index is 0.0821. The van der Waals surface area contributed by atoms with E-state index >= 15 is 0 Å². The summed E-state index contributed by atoms with van der Waals surface area (Å²) in [5.41, 5.74) is 0.702. The van der Waals surface area contributed by atoms with Crippen LogP contribution in [0.2, 0.25) is 0 Å². The molecule has 0 N–H and O–H groups in total. The molecule has 25 heavy (non-hydrogen) atoms. The number of fused-ring (bicyclic) bond motifs is 2. The van der Waals surface area contributed by atoms with Gasteiger partial charge in [-0.15, -0.1) is 6.42 Å². The second kappa shape index (κ2) is 6.07. The van der Waals surface area contributed by atoms with Gasteiger partial charge in [0.25, 0.3) is 5.91 Å². The number of rotatable bonds is 2. The summed E-state index contributed by atoms with van der Waals surface area (Å²) < 4.78 is 27.1. The van der Waals surface area contributed by atoms with E-state index in [1.807, 2.05) is 6.07 Å². The lowest BCUT2D eigenvalue weighted by Gasteiger charge is -2.01. The summed E-state index contributed by atoms with van der Waals surface area (Å²) in [7, 11) is 0. The van der Waals surface area contributed by atoms with Gasteiger partial charge in [-0.05, 0) is 12.1 Å². The molecule has 0 unspecified atom stereocenters. The number of ether oxygens (including phenoxy) is 2. The second-order valence-corrected chi connectivity index (χ2v) is 6.25. The summed E-state index contributed by atoms with van der Waals surface area (Å²) in [6.45, 7) is 0.397. The second-order valence-electron chi connectivity index (χ2n) is 5.24. The molecule has 7 heteroatoms. The van der Waals surface area contributed by atoms with Crippen LogP contribution in [0.4, 0.5) is 4.39 Å². The Morgan fingerprint density at radius 3 is 2.84 bits per heavy atom. The molecule has 1 aliphatic rings. The normalized spacial score (nSPS) is 13.2. The molecule has 0 fully saturated rings. The fourth-order valence-corrected chi connectivity index (χ4v) is 3.61. The van der Waals surface area contributed by atoms with Gasteiger partial charge in [-0.1, -0.05) is 29.4 Å². The molecule has 0 saturated carbocycles. The molecule has 0 radical (unpaired) electrons. The van der Waals surface area contributed by atoms with Crippen molar-refractivity contribution in [2.45, 2.75) is 6.54 Å². The first-order chi connectivity index (χ1) is 12.2. The van der Waals surface area contributed by atoms with Gasteiger partial charge >= 0.3 is 0 Å². The molecule has 5 nitrogen and oxygen atoms in total. The fraction of sp³-hybridized carbons (Fsp3) is 0.111. The van der Waals surface area contributed by atoms with Crippen molar-refractivity contribution in [1.82, 2.24) is 4.57 Å². The Kier molecular flexibility index (Phi) is 3.75. The van der Waals surface area contributed by atoms with E-state index in [1.165, 1.54) is 29.5 Å². The van der Waals surface area contributed by atoms with Gasteiger partial charge in [0.15, 0.2) is 16.3 Å². The summed E-state index contributed by atoms with van der Waals surface area (Å²) in [4.78, 5) is 16.8. The quantitative estimate of drug-likeness (QED) is 0.665. The van der Waals surface area contributed by atoms with E-state index < -0.39 is 11.7 Å². The molecule has 0 atom stereocenters. The lowest BCUT2D eigenvalue weighted by Crippen LogP contribution is -2.16. The van der Waals surface area contributed by atoms with Crippen molar-refractivity contribution < 1.29 is 18.7 Å². The number of amides is 1. The number of hydrogen-bond donors (Lipinski definition) is 0. The zero-order valence-corrected chi connectivity index (χ0v) is 13.7. The summed E-state index contributed by atoms with van der Waals surface area (Å²) in [6.07, 6.45) is 5.45. The highest BCUT2D eigenvalue weighted by Gasteiger charge is 2.18. The van der Waals surface area contributed by atoms with E-state index in [2.05, 4.69) is 10.9 Å². The lowest BCUT2D eigenvalue weighted by molar-refractivity contribution is 0.0994. The maximum absolute atomic E-state index is 13.8. The van der Waals surface area contributed by atoms with Crippen molar-refractivity contribution in [3.8, 4) is 23.8 Å². The summed E-state index contributed by atoms with van der Waals surface area (Å²) in [5.74, 6) is 2.53. The maximum atomic E-state index is 13.8. The number of aromatic nitrogens is 1. The van der Waals surface area contributed by atoms with Gasteiger partial charge in [0.2, 0.25) is 6.79 Å². The predicted molar refractivity (Wildman–Crippen MR) is 91.1 cm³/mol. The van der Waals surface area contributed by atoms with Crippen LogP contribution < -0.4 is 14.3 Å². The lowest BCUT2D eigenvalue weighted by atomic mass is 10.2. The Bertz CT molecular complexity index is 1110. The van der Waals surface area contributed by atoms with Gasteiger partial charge in [-0.25, -0.2) is 4.39 Å². The Morgan fingerprint density at radius 1 is 1.32 bits per heavy atom. The zero-order chi connectivity index (χ0) is 17.4. The van der Waals surface area contributed by atoms with E-state index in [0.717, 1.165) is 10.2 Å². The van der Waals surface area contributed by atoms with E-state index in [-0.39, 0.29) is 18.9 Å². The third kappa shape index (κ3) is 2.66. The molecule has 0 aliphatic carbocycles. The van der Waals surface area contributed by atoms with Gasteiger partial charge in [0, 0.05) is 12.1 Å². The molecular formula is C18H11FN2O3S. The van der Waals surface area contributed by atoms with Crippen LogP contribution in [-0.4, -0.2) is 17.3 Å². The number of benzene rings is 2. The van der Waals surface area contributed by atoms with Crippen LogP contribution in [0.15, 0.2) is 41.4 Å². The van der Waals surface area contributed by atoms with E-state index in [1.54, 1.807) is 16.7 Å². The number of nitrogens with zero attached hydrogens (tertiary/aromatic N) is 2. The van der Waals surface area contributed by atoms with Crippen molar-refractivity contribution >= 4 is 27.5 Å². The number of terminal acetylenes is 1. The first-order valence-electron chi connectivity index (χ1n) is 7.37. The number of thiazole rings is 1. The topological polar surface area (TPSA) is 52.8 Å². The standard InChI is InChI=1S/C18H11FN2O3S/c1-2-7-21-13-8-14-15(24-10-23-14)9-16(13)25-18(21)20-17(22)11-5-3-4-6-12(11)19/h1,3-6,8-9H,7,10H2. The first-order valence-corrected chi connectivity index (χ1v) is 8.19. The zero-order valence-electron chi connectivity index (χ0n) is 12.9. The summed E-state index contributed by atoms with van der Waals surface area (Å²) in [6, 6.07) is 9.36. The first kappa shape index (κ1) is 15.4. The van der Waals surface area contributed by atoms with E-state index in [0.29, 0.717) is 16.3 Å². The van der Waals surface area contributed by atoms with E-state index in [9.17, 15) is 9.18 Å². The van der Waals surface area contributed by atoms with Crippen LogP contribution >= 0.6 is 11.3 Å². The average molecular weight is 354 g/mol. The molecule has 2 aromatic carbocycles.